The van der Waals surface area contributed by atoms with Gasteiger partial charge in [0.2, 0.25) is 0 Å². The van der Waals surface area contributed by atoms with E-state index in [4.69, 9.17) is 16.9 Å². The molecular weight excluding hydrogens is 302 g/mol. The van der Waals surface area contributed by atoms with Crippen LogP contribution < -0.4 is 5.32 Å². The summed E-state index contributed by atoms with van der Waals surface area (Å²) in [6, 6.07) is 11.0. The summed E-state index contributed by atoms with van der Waals surface area (Å²) in [5, 5.41) is 12.7. The van der Waals surface area contributed by atoms with E-state index in [1.165, 1.54) is 0 Å². The zero-order valence-electron chi connectivity index (χ0n) is 8.61. The van der Waals surface area contributed by atoms with E-state index in [0.29, 0.717) is 16.4 Å². The maximum absolute atomic E-state index is 8.92. The van der Waals surface area contributed by atoms with Crippen LogP contribution in [-0.4, -0.2) is 4.98 Å². The zero-order valence-corrected chi connectivity index (χ0v) is 11.0. The fraction of sp³-hybridized carbons (Fsp3) is 0. The molecule has 2 aromatic rings. The van der Waals surface area contributed by atoms with Crippen molar-refractivity contribution >= 4 is 38.9 Å². The van der Waals surface area contributed by atoms with Crippen molar-refractivity contribution in [3.63, 3.8) is 0 Å². The maximum atomic E-state index is 8.92. The number of halogens is 2. The van der Waals surface area contributed by atoms with E-state index in [1.54, 1.807) is 30.5 Å². The normalized spacial score (nSPS) is 9.71. The Morgan fingerprint density at radius 2 is 2.12 bits per heavy atom. The van der Waals surface area contributed by atoms with Crippen LogP contribution in [0.2, 0.25) is 5.02 Å². The van der Waals surface area contributed by atoms with Crippen LogP contribution in [0.15, 0.2) is 41.0 Å². The highest BCUT2D eigenvalue weighted by molar-refractivity contribution is 9.10. The molecule has 0 aliphatic heterocycles. The highest BCUT2D eigenvalue weighted by atomic mass is 79.9. The Kier molecular flexibility index (Phi) is 3.62. The minimum Gasteiger partial charge on any atom is -0.352 e. The van der Waals surface area contributed by atoms with Gasteiger partial charge >= 0.3 is 0 Å². The highest BCUT2D eigenvalue weighted by Gasteiger charge is 2.05. The van der Waals surface area contributed by atoms with Gasteiger partial charge in [0, 0.05) is 15.7 Å². The first kappa shape index (κ1) is 11.9. The molecule has 0 bridgehead atoms. The molecule has 0 radical (unpaired) electrons. The third kappa shape index (κ3) is 2.76. The Balaban J connectivity index is 2.35. The van der Waals surface area contributed by atoms with Crippen molar-refractivity contribution in [1.29, 1.82) is 5.26 Å². The summed E-state index contributed by atoms with van der Waals surface area (Å²) >= 11 is 9.26. The van der Waals surface area contributed by atoms with Crippen molar-refractivity contribution in [2.45, 2.75) is 0 Å². The molecule has 2 rings (SSSR count). The number of pyridine rings is 1. The molecule has 17 heavy (non-hydrogen) atoms. The first-order valence-electron chi connectivity index (χ1n) is 4.78. The molecule has 1 N–H and O–H groups in total. The first-order valence-corrected chi connectivity index (χ1v) is 5.95. The number of hydrogen-bond donors (Lipinski definition) is 1. The van der Waals surface area contributed by atoms with Crippen LogP contribution in [0, 0.1) is 11.3 Å². The lowest BCUT2D eigenvalue weighted by Crippen LogP contribution is -1.96. The number of nitrogens with one attached hydrogen (secondary N) is 1. The second-order valence-electron chi connectivity index (χ2n) is 3.26. The number of benzene rings is 1. The van der Waals surface area contributed by atoms with E-state index in [-0.39, 0.29) is 0 Å². The van der Waals surface area contributed by atoms with E-state index < -0.39 is 0 Å². The number of hydrogen-bond acceptors (Lipinski definition) is 3. The van der Waals surface area contributed by atoms with Gasteiger partial charge in [0.15, 0.2) is 5.69 Å². The van der Waals surface area contributed by atoms with Crippen molar-refractivity contribution in [3.05, 3.63) is 51.7 Å². The van der Waals surface area contributed by atoms with Crippen molar-refractivity contribution in [1.82, 2.24) is 4.98 Å². The number of nitrogens with zero attached hydrogens (tertiary/aromatic N) is 2. The molecule has 0 atom stereocenters. The Morgan fingerprint density at radius 3 is 2.82 bits per heavy atom. The van der Waals surface area contributed by atoms with Gasteiger partial charge < -0.3 is 5.32 Å². The molecule has 1 heterocycles. The van der Waals surface area contributed by atoms with Gasteiger partial charge in [-0.3, -0.25) is 0 Å². The summed E-state index contributed by atoms with van der Waals surface area (Å²) < 4.78 is 0.831. The smallest absolute Gasteiger partial charge is 0.163 e. The Labute approximate surface area is 112 Å². The van der Waals surface area contributed by atoms with Gasteiger partial charge in [-0.2, -0.15) is 5.26 Å². The second-order valence-corrected chi connectivity index (χ2v) is 4.55. The van der Waals surface area contributed by atoms with Gasteiger partial charge in [-0.1, -0.05) is 11.6 Å². The topological polar surface area (TPSA) is 48.7 Å². The van der Waals surface area contributed by atoms with E-state index in [1.807, 2.05) is 12.1 Å². The Morgan fingerprint density at radius 1 is 1.29 bits per heavy atom. The summed E-state index contributed by atoms with van der Waals surface area (Å²) in [5.41, 5.74) is 1.85. The minimum atomic E-state index is 0.356. The minimum absolute atomic E-state index is 0.356. The Bertz CT molecular complexity index is 593. The Hall–Kier alpha value is -1.57. The summed E-state index contributed by atoms with van der Waals surface area (Å²) in [5.74, 6) is 0. The summed E-state index contributed by atoms with van der Waals surface area (Å²) in [7, 11) is 0. The number of nitriles is 1. The molecule has 0 unspecified atom stereocenters. The van der Waals surface area contributed by atoms with E-state index >= 15 is 0 Å². The lowest BCUT2D eigenvalue weighted by Gasteiger charge is -2.09. The first-order chi connectivity index (χ1) is 8.20. The lowest BCUT2D eigenvalue weighted by molar-refractivity contribution is 1.26. The van der Waals surface area contributed by atoms with Crippen LogP contribution in [0.25, 0.3) is 0 Å². The van der Waals surface area contributed by atoms with Crippen molar-refractivity contribution in [3.8, 4) is 6.07 Å². The van der Waals surface area contributed by atoms with Gasteiger partial charge in [-0.25, -0.2) is 4.98 Å². The third-order valence-corrected chi connectivity index (χ3v) is 3.01. The predicted octanol–water partition coefficient (Wildman–Crippen LogP) is 4.11. The second kappa shape index (κ2) is 5.17. The molecule has 0 saturated heterocycles. The van der Waals surface area contributed by atoms with Gasteiger partial charge in [0.25, 0.3) is 0 Å². The van der Waals surface area contributed by atoms with Crippen molar-refractivity contribution in [2.75, 3.05) is 5.32 Å². The summed E-state index contributed by atoms with van der Waals surface area (Å²) in [4.78, 5) is 3.98. The predicted molar refractivity (Wildman–Crippen MR) is 71.4 cm³/mol. The maximum Gasteiger partial charge on any atom is 0.163 e. The molecule has 5 heteroatoms. The molecule has 1 aromatic heterocycles. The SMILES string of the molecule is N#Cc1ncccc1Nc1ccc(Cl)cc1Br. The molecule has 0 aliphatic carbocycles. The summed E-state index contributed by atoms with van der Waals surface area (Å²) in [6.45, 7) is 0. The fourth-order valence-electron chi connectivity index (χ4n) is 1.33. The monoisotopic (exact) mass is 307 g/mol. The molecule has 0 fully saturated rings. The standard InChI is InChI=1S/C12H7BrClN3/c13-9-6-8(14)3-4-10(9)17-11-2-1-5-16-12(11)7-15/h1-6,17H. The highest BCUT2D eigenvalue weighted by Crippen LogP contribution is 2.29. The fourth-order valence-corrected chi connectivity index (χ4v) is 2.11. The molecule has 0 aliphatic rings. The molecule has 3 nitrogen and oxygen atoms in total. The van der Waals surface area contributed by atoms with Crippen molar-refractivity contribution < 1.29 is 0 Å². The van der Waals surface area contributed by atoms with Gasteiger partial charge in [-0.05, 0) is 46.3 Å². The zero-order chi connectivity index (χ0) is 12.3. The quantitative estimate of drug-likeness (QED) is 0.908. The molecule has 0 spiro atoms. The van der Waals surface area contributed by atoms with E-state index in [2.05, 4.69) is 26.2 Å². The van der Waals surface area contributed by atoms with Crippen molar-refractivity contribution in [2.24, 2.45) is 0 Å². The lowest BCUT2D eigenvalue weighted by atomic mass is 10.2. The molecule has 1 aromatic carbocycles. The van der Waals surface area contributed by atoms with E-state index in [0.717, 1.165) is 10.2 Å². The molecule has 0 amide bonds. The van der Waals surface area contributed by atoms with Gasteiger partial charge in [-0.15, -0.1) is 0 Å². The van der Waals surface area contributed by atoms with Crippen LogP contribution in [0.1, 0.15) is 5.69 Å². The average molecular weight is 309 g/mol. The molecule has 84 valence electrons. The van der Waals surface area contributed by atoms with Crippen LogP contribution in [-0.2, 0) is 0 Å². The molecule has 0 saturated carbocycles. The van der Waals surface area contributed by atoms with Gasteiger partial charge in [0.1, 0.15) is 6.07 Å². The number of rotatable bonds is 2. The van der Waals surface area contributed by atoms with Crippen LogP contribution in [0.4, 0.5) is 11.4 Å². The number of aromatic nitrogens is 1. The largest absolute Gasteiger partial charge is 0.352 e. The average Bonchev–Trinajstić information content (AvgIpc) is 2.33. The van der Waals surface area contributed by atoms with E-state index in [9.17, 15) is 0 Å². The summed E-state index contributed by atoms with van der Waals surface area (Å²) in [6.07, 6.45) is 1.58. The van der Waals surface area contributed by atoms with Gasteiger partial charge in [0.05, 0.1) is 11.4 Å². The van der Waals surface area contributed by atoms with Crippen LogP contribution >= 0.6 is 27.5 Å². The van der Waals surface area contributed by atoms with Crippen LogP contribution in [0.5, 0.6) is 0 Å². The number of anilines is 2. The molecular formula is C12H7BrClN3. The van der Waals surface area contributed by atoms with Crippen LogP contribution in [0.3, 0.4) is 0 Å². The third-order valence-electron chi connectivity index (χ3n) is 2.11.